The van der Waals surface area contributed by atoms with Crippen molar-refractivity contribution in [3.8, 4) is 0 Å². The van der Waals surface area contributed by atoms with Crippen LogP contribution in [0.1, 0.15) is 12.5 Å². The minimum absolute atomic E-state index is 0.151. The van der Waals surface area contributed by atoms with Gasteiger partial charge in [-0.25, -0.2) is 0 Å². The summed E-state index contributed by atoms with van der Waals surface area (Å²) in [6.07, 6.45) is 0.655. The van der Waals surface area contributed by atoms with Gasteiger partial charge in [0.15, 0.2) is 0 Å². The first-order valence-corrected chi connectivity index (χ1v) is 5.74. The van der Waals surface area contributed by atoms with Crippen LogP contribution in [0.3, 0.4) is 0 Å². The summed E-state index contributed by atoms with van der Waals surface area (Å²) in [5.41, 5.74) is 2.04. The Balaban J connectivity index is 2.56. The molecule has 0 aliphatic carbocycles. The highest BCUT2D eigenvalue weighted by Gasteiger charge is 2.07. The van der Waals surface area contributed by atoms with E-state index in [0.29, 0.717) is 13.0 Å². The Morgan fingerprint density at radius 1 is 1.35 bits per heavy atom. The van der Waals surface area contributed by atoms with Gasteiger partial charge in [0.25, 0.3) is 0 Å². The second-order valence-electron chi connectivity index (χ2n) is 3.80. The van der Waals surface area contributed by atoms with Crippen molar-refractivity contribution >= 4 is 11.7 Å². The van der Waals surface area contributed by atoms with Crippen molar-refractivity contribution in [2.75, 3.05) is 31.7 Å². The fourth-order valence-electron chi connectivity index (χ4n) is 1.54. The van der Waals surface area contributed by atoms with Gasteiger partial charge in [-0.15, -0.1) is 0 Å². The van der Waals surface area contributed by atoms with Crippen LogP contribution in [0.15, 0.2) is 24.3 Å². The highest BCUT2D eigenvalue weighted by atomic mass is 16.5. The predicted molar refractivity (Wildman–Crippen MR) is 67.1 cm³/mol. The van der Waals surface area contributed by atoms with Crippen molar-refractivity contribution in [1.82, 2.24) is 0 Å². The number of nitrogens with zero attached hydrogens (tertiary/aromatic N) is 1. The summed E-state index contributed by atoms with van der Waals surface area (Å²) in [6, 6.07) is 7.77. The Labute approximate surface area is 102 Å². The van der Waals surface area contributed by atoms with Gasteiger partial charge in [0.2, 0.25) is 0 Å². The molecule has 1 aromatic rings. The number of hydrogen-bond acceptors (Lipinski definition) is 4. The SMILES string of the molecule is CCOC(=O)CN(C)c1ccc(CCO)cc1. The van der Waals surface area contributed by atoms with E-state index in [1.165, 1.54) is 0 Å². The third kappa shape index (κ3) is 4.44. The Hall–Kier alpha value is -1.55. The number of aliphatic hydroxyl groups excluding tert-OH is 1. The zero-order valence-corrected chi connectivity index (χ0v) is 10.3. The van der Waals surface area contributed by atoms with E-state index in [1.54, 1.807) is 6.92 Å². The summed E-state index contributed by atoms with van der Waals surface area (Å²) in [7, 11) is 1.85. The van der Waals surface area contributed by atoms with Crippen molar-refractivity contribution in [2.24, 2.45) is 0 Å². The lowest BCUT2D eigenvalue weighted by atomic mass is 10.1. The van der Waals surface area contributed by atoms with E-state index in [2.05, 4.69) is 0 Å². The van der Waals surface area contributed by atoms with Gasteiger partial charge >= 0.3 is 5.97 Å². The molecule has 0 heterocycles. The van der Waals surface area contributed by atoms with Crippen LogP contribution in [0.2, 0.25) is 0 Å². The fraction of sp³-hybridized carbons (Fsp3) is 0.462. The van der Waals surface area contributed by atoms with Gasteiger partial charge in [-0.3, -0.25) is 4.79 Å². The van der Waals surface area contributed by atoms with Gasteiger partial charge in [-0.05, 0) is 31.0 Å². The molecule has 4 heteroatoms. The normalized spacial score (nSPS) is 10.1. The number of hydrogen-bond donors (Lipinski definition) is 1. The molecule has 0 radical (unpaired) electrons. The number of likely N-dealkylation sites (N-methyl/N-ethyl adjacent to an activating group) is 1. The molecule has 0 bridgehead atoms. The number of ether oxygens (including phenoxy) is 1. The smallest absolute Gasteiger partial charge is 0.325 e. The molecule has 0 amide bonds. The maximum absolute atomic E-state index is 11.3. The molecule has 0 fully saturated rings. The second kappa shape index (κ2) is 6.91. The topological polar surface area (TPSA) is 49.8 Å². The van der Waals surface area contributed by atoms with Crippen LogP contribution in [0.25, 0.3) is 0 Å². The number of benzene rings is 1. The highest BCUT2D eigenvalue weighted by molar-refractivity contribution is 5.75. The molecule has 0 saturated heterocycles. The van der Waals surface area contributed by atoms with Crippen molar-refractivity contribution in [3.05, 3.63) is 29.8 Å². The molecule has 1 aromatic carbocycles. The lowest BCUT2D eigenvalue weighted by Crippen LogP contribution is -2.27. The van der Waals surface area contributed by atoms with Gasteiger partial charge in [0.05, 0.1) is 6.61 Å². The third-order valence-electron chi connectivity index (χ3n) is 2.45. The van der Waals surface area contributed by atoms with Crippen LogP contribution in [0, 0.1) is 0 Å². The lowest BCUT2D eigenvalue weighted by molar-refractivity contribution is -0.141. The fourth-order valence-corrected chi connectivity index (χ4v) is 1.54. The molecule has 94 valence electrons. The number of anilines is 1. The van der Waals surface area contributed by atoms with Gasteiger partial charge in [-0.2, -0.15) is 0 Å². The van der Waals surface area contributed by atoms with E-state index in [1.807, 2.05) is 36.2 Å². The van der Waals surface area contributed by atoms with Gasteiger partial charge in [-0.1, -0.05) is 12.1 Å². The molecule has 1 N–H and O–H groups in total. The zero-order chi connectivity index (χ0) is 12.7. The number of carbonyl (C=O) groups excluding carboxylic acids is 1. The van der Waals surface area contributed by atoms with Gasteiger partial charge < -0.3 is 14.7 Å². The van der Waals surface area contributed by atoms with Crippen LogP contribution in [0.5, 0.6) is 0 Å². The maximum Gasteiger partial charge on any atom is 0.325 e. The first kappa shape index (κ1) is 13.5. The van der Waals surface area contributed by atoms with Crippen LogP contribution < -0.4 is 4.90 Å². The minimum atomic E-state index is -0.227. The van der Waals surface area contributed by atoms with E-state index in [4.69, 9.17) is 9.84 Å². The molecule has 0 atom stereocenters. The van der Waals surface area contributed by atoms with Gasteiger partial charge in [0, 0.05) is 19.3 Å². The molecular formula is C13H19NO3. The zero-order valence-electron chi connectivity index (χ0n) is 10.3. The number of esters is 1. The van der Waals surface area contributed by atoms with E-state index < -0.39 is 0 Å². The van der Waals surface area contributed by atoms with E-state index >= 15 is 0 Å². The molecule has 1 rings (SSSR count). The molecule has 0 unspecified atom stereocenters. The maximum atomic E-state index is 11.3. The molecule has 0 saturated carbocycles. The molecule has 4 nitrogen and oxygen atoms in total. The van der Waals surface area contributed by atoms with Crippen LogP contribution >= 0.6 is 0 Å². The predicted octanol–water partition coefficient (Wildman–Crippen LogP) is 1.22. The van der Waals surface area contributed by atoms with Gasteiger partial charge in [0.1, 0.15) is 6.54 Å². The summed E-state index contributed by atoms with van der Waals surface area (Å²) >= 11 is 0. The Morgan fingerprint density at radius 2 is 2.00 bits per heavy atom. The second-order valence-corrected chi connectivity index (χ2v) is 3.80. The van der Waals surface area contributed by atoms with E-state index in [0.717, 1.165) is 11.3 Å². The first-order valence-electron chi connectivity index (χ1n) is 5.74. The quantitative estimate of drug-likeness (QED) is 0.756. The Kier molecular flexibility index (Phi) is 5.49. The monoisotopic (exact) mass is 237 g/mol. The van der Waals surface area contributed by atoms with E-state index in [9.17, 15) is 4.79 Å². The number of carbonyl (C=O) groups is 1. The average molecular weight is 237 g/mol. The third-order valence-corrected chi connectivity index (χ3v) is 2.45. The lowest BCUT2D eigenvalue weighted by Gasteiger charge is -2.18. The van der Waals surface area contributed by atoms with Crippen LogP contribution in [0.4, 0.5) is 5.69 Å². The summed E-state index contributed by atoms with van der Waals surface area (Å²) in [6.45, 7) is 2.59. The molecule has 0 aromatic heterocycles. The molecule has 0 spiro atoms. The summed E-state index contributed by atoms with van der Waals surface area (Å²) in [5.74, 6) is -0.227. The van der Waals surface area contributed by atoms with Crippen LogP contribution in [-0.4, -0.2) is 37.9 Å². The largest absolute Gasteiger partial charge is 0.465 e. The molecule has 17 heavy (non-hydrogen) atoms. The Morgan fingerprint density at radius 3 is 2.53 bits per heavy atom. The first-order chi connectivity index (χ1) is 8.17. The van der Waals surface area contributed by atoms with Crippen molar-refractivity contribution in [2.45, 2.75) is 13.3 Å². The minimum Gasteiger partial charge on any atom is -0.465 e. The average Bonchev–Trinajstić information content (AvgIpc) is 2.30. The number of aliphatic hydroxyl groups is 1. The van der Waals surface area contributed by atoms with Crippen molar-refractivity contribution in [3.63, 3.8) is 0 Å². The molecule has 0 aliphatic heterocycles. The standard InChI is InChI=1S/C13H19NO3/c1-3-17-13(16)10-14(2)12-6-4-11(5-7-12)8-9-15/h4-7,15H,3,8-10H2,1-2H3. The summed E-state index contributed by atoms with van der Waals surface area (Å²) in [4.78, 5) is 13.1. The molecular weight excluding hydrogens is 218 g/mol. The summed E-state index contributed by atoms with van der Waals surface area (Å²) in [5, 5.41) is 8.80. The summed E-state index contributed by atoms with van der Waals surface area (Å²) < 4.78 is 4.88. The number of rotatable bonds is 6. The van der Waals surface area contributed by atoms with E-state index in [-0.39, 0.29) is 19.1 Å². The Bertz CT molecular complexity index is 348. The van der Waals surface area contributed by atoms with Crippen LogP contribution in [-0.2, 0) is 16.0 Å². The van der Waals surface area contributed by atoms with Crippen molar-refractivity contribution < 1.29 is 14.6 Å². The van der Waals surface area contributed by atoms with Crippen molar-refractivity contribution in [1.29, 1.82) is 0 Å². The molecule has 0 aliphatic rings. The highest BCUT2D eigenvalue weighted by Crippen LogP contribution is 2.13.